The van der Waals surface area contributed by atoms with Crippen molar-refractivity contribution in [1.29, 1.82) is 0 Å². The Morgan fingerprint density at radius 1 is 1.00 bits per heavy atom. The van der Waals surface area contributed by atoms with Crippen LogP contribution >= 0.6 is 0 Å². The van der Waals surface area contributed by atoms with Gasteiger partial charge in [0, 0.05) is 11.3 Å². The SMILES string of the molecule is COC(=O)N1Cc2cc(S(=O)(=O)C3CC3)ccc2C1C(=O)Nc1ccc(C(O)(C(F)(F)F)C(F)(F)F)cc1. The third-order valence-electron chi connectivity index (χ3n) is 6.40. The van der Waals surface area contributed by atoms with Gasteiger partial charge in [-0.1, -0.05) is 18.2 Å². The number of amides is 2. The van der Waals surface area contributed by atoms with Gasteiger partial charge in [0.2, 0.25) is 0 Å². The number of anilines is 1. The zero-order valence-electron chi connectivity index (χ0n) is 19.4. The third kappa shape index (κ3) is 4.57. The number of carbonyl (C=O) groups is 2. The lowest BCUT2D eigenvalue weighted by Crippen LogP contribution is -2.53. The van der Waals surface area contributed by atoms with Crippen LogP contribution in [0, 0.1) is 0 Å². The van der Waals surface area contributed by atoms with Crippen LogP contribution in [-0.2, 0) is 31.5 Å². The molecule has 1 unspecified atom stereocenters. The van der Waals surface area contributed by atoms with E-state index < -0.39 is 56.6 Å². The number of methoxy groups -OCH3 is 1. The van der Waals surface area contributed by atoms with Crippen LogP contribution in [0.3, 0.4) is 0 Å². The van der Waals surface area contributed by atoms with Crippen LogP contribution in [0.5, 0.6) is 0 Å². The molecule has 1 aliphatic heterocycles. The molecule has 0 aromatic heterocycles. The Bertz CT molecular complexity index is 1360. The summed E-state index contributed by atoms with van der Waals surface area (Å²) in [6, 6.07) is 4.90. The van der Waals surface area contributed by atoms with E-state index >= 15 is 0 Å². The average Bonchev–Trinajstić information content (AvgIpc) is 3.62. The molecule has 206 valence electrons. The smallest absolute Gasteiger partial charge is 0.430 e. The number of aliphatic hydroxyl groups is 1. The Labute approximate surface area is 212 Å². The monoisotopic (exact) mass is 566 g/mol. The Morgan fingerprint density at radius 2 is 1.58 bits per heavy atom. The molecule has 8 nitrogen and oxygen atoms in total. The number of carbonyl (C=O) groups excluding carboxylic acids is 2. The lowest BCUT2D eigenvalue weighted by atomic mass is 9.92. The number of sulfone groups is 1. The summed E-state index contributed by atoms with van der Waals surface area (Å²) in [5, 5.41) is 11.3. The molecular formula is C23H20F6N2O6S. The molecular weight excluding hydrogens is 546 g/mol. The summed E-state index contributed by atoms with van der Waals surface area (Å²) in [5.41, 5.74) is -6.25. The summed E-state index contributed by atoms with van der Waals surface area (Å²) in [6.07, 6.45) is -12.0. The fourth-order valence-electron chi connectivity index (χ4n) is 4.24. The van der Waals surface area contributed by atoms with Crippen molar-refractivity contribution in [2.45, 2.75) is 53.5 Å². The van der Waals surface area contributed by atoms with Crippen molar-refractivity contribution in [3.8, 4) is 0 Å². The lowest BCUT2D eigenvalue weighted by molar-refractivity contribution is -0.376. The second-order valence-corrected chi connectivity index (χ2v) is 11.1. The van der Waals surface area contributed by atoms with Crippen molar-refractivity contribution in [2.24, 2.45) is 0 Å². The minimum atomic E-state index is -6.07. The van der Waals surface area contributed by atoms with Gasteiger partial charge in [0.25, 0.3) is 11.5 Å². The highest BCUT2D eigenvalue weighted by molar-refractivity contribution is 7.92. The van der Waals surface area contributed by atoms with Gasteiger partial charge in [0.1, 0.15) is 6.04 Å². The molecule has 1 aliphatic carbocycles. The first-order valence-electron chi connectivity index (χ1n) is 11.0. The largest absolute Gasteiger partial charge is 0.453 e. The molecule has 2 aliphatic rings. The van der Waals surface area contributed by atoms with E-state index in [4.69, 9.17) is 4.74 Å². The van der Waals surface area contributed by atoms with Crippen molar-refractivity contribution in [3.63, 3.8) is 0 Å². The van der Waals surface area contributed by atoms with E-state index in [0.29, 0.717) is 30.5 Å². The molecule has 38 heavy (non-hydrogen) atoms. The van der Waals surface area contributed by atoms with Crippen LogP contribution in [0.1, 0.15) is 35.6 Å². The first-order chi connectivity index (χ1) is 17.5. The minimum Gasteiger partial charge on any atom is -0.453 e. The van der Waals surface area contributed by atoms with E-state index in [9.17, 15) is 49.5 Å². The van der Waals surface area contributed by atoms with Crippen molar-refractivity contribution in [3.05, 3.63) is 59.2 Å². The zero-order chi connectivity index (χ0) is 28.3. The molecule has 2 N–H and O–H groups in total. The molecule has 1 atom stereocenters. The van der Waals surface area contributed by atoms with Gasteiger partial charge in [0.05, 0.1) is 23.8 Å². The van der Waals surface area contributed by atoms with Gasteiger partial charge in [-0.3, -0.25) is 9.69 Å². The second-order valence-electron chi connectivity index (χ2n) is 8.88. The summed E-state index contributed by atoms with van der Waals surface area (Å²) >= 11 is 0. The zero-order valence-corrected chi connectivity index (χ0v) is 20.2. The Balaban J connectivity index is 1.62. The van der Waals surface area contributed by atoms with Gasteiger partial charge in [-0.25, -0.2) is 13.2 Å². The summed E-state index contributed by atoms with van der Waals surface area (Å²) in [7, 11) is -2.51. The van der Waals surface area contributed by atoms with E-state index in [1.807, 2.05) is 0 Å². The van der Waals surface area contributed by atoms with Gasteiger partial charge < -0.3 is 15.2 Å². The molecule has 0 radical (unpaired) electrons. The molecule has 0 bridgehead atoms. The molecule has 2 aromatic carbocycles. The summed E-state index contributed by atoms with van der Waals surface area (Å²) in [5.74, 6) is -0.887. The van der Waals surface area contributed by atoms with Gasteiger partial charge in [-0.15, -0.1) is 0 Å². The average molecular weight is 566 g/mol. The first kappa shape index (κ1) is 27.7. The number of nitrogens with zero attached hydrogens (tertiary/aromatic N) is 1. The number of rotatable bonds is 5. The molecule has 0 saturated heterocycles. The number of hydrogen-bond donors (Lipinski definition) is 2. The van der Waals surface area contributed by atoms with Crippen LogP contribution in [0.15, 0.2) is 47.4 Å². The topological polar surface area (TPSA) is 113 Å². The molecule has 4 rings (SSSR count). The van der Waals surface area contributed by atoms with Gasteiger partial charge in [-0.2, -0.15) is 26.3 Å². The fraction of sp³-hybridized carbons (Fsp3) is 0.391. The number of alkyl halides is 6. The highest BCUT2D eigenvalue weighted by Gasteiger charge is 2.71. The molecule has 2 aromatic rings. The summed E-state index contributed by atoms with van der Waals surface area (Å²) in [6.45, 7) is -0.183. The van der Waals surface area contributed by atoms with E-state index in [1.54, 1.807) is 0 Å². The van der Waals surface area contributed by atoms with E-state index in [2.05, 4.69) is 5.32 Å². The molecule has 15 heteroatoms. The maximum absolute atomic E-state index is 13.1. The highest BCUT2D eigenvalue weighted by atomic mass is 32.2. The van der Waals surface area contributed by atoms with Gasteiger partial charge in [0.15, 0.2) is 9.84 Å². The van der Waals surface area contributed by atoms with Crippen LogP contribution in [0.25, 0.3) is 0 Å². The minimum absolute atomic E-state index is 0.0297. The highest BCUT2D eigenvalue weighted by Crippen LogP contribution is 2.50. The third-order valence-corrected chi connectivity index (χ3v) is 8.66. The molecule has 1 fully saturated rings. The Hall–Kier alpha value is -3.33. The normalized spacial score (nSPS) is 18.2. The van der Waals surface area contributed by atoms with Crippen LogP contribution in [-0.4, -0.2) is 55.1 Å². The number of hydrogen-bond acceptors (Lipinski definition) is 6. The maximum atomic E-state index is 13.1. The van der Waals surface area contributed by atoms with Crippen LogP contribution in [0.4, 0.5) is 36.8 Å². The van der Waals surface area contributed by atoms with E-state index in [0.717, 1.165) is 24.1 Å². The van der Waals surface area contributed by atoms with Crippen molar-refractivity contribution in [1.82, 2.24) is 4.90 Å². The summed E-state index contributed by atoms with van der Waals surface area (Å²) in [4.78, 5) is 26.5. The Kier molecular flexibility index (Phi) is 6.67. The number of fused-ring (bicyclic) bond motifs is 1. The molecule has 0 spiro atoms. The van der Waals surface area contributed by atoms with Crippen LogP contribution < -0.4 is 5.32 Å². The molecule has 1 heterocycles. The quantitative estimate of drug-likeness (QED) is 0.525. The van der Waals surface area contributed by atoms with Gasteiger partial charge in [-0.05, 0) is 48.2 Å². The number of ether oxygens (including phenoxy) is 1. The molecule has 1 saturated carbocycles. The number of nitrogens with one attached hydrogen (secondary N) is 1. The van der Waals surface area contributed by atoms with Crippen molar-refractivity contribution >= 4 is 27.5 Å². The second kappa shape index (κ2) is 9.15. The van der Waals surface area contributed by atoms with E-state index in [-0.39, 0.29) is 22.7 Å². The molecule has 2 amide bonds. The predicted molar refractivity (Wildman–Crippen MR) is 118 cm³/mol. The van der Waals surface area contributed by atoms with Gasteiger partial charge >= 0.3 is 18.4 Å². The van der Waals surface area contributed by atoms with Crippen LogP contribution in [0.2, 0.25) is 0 Å². The summed E-state index contributed by atoms with van der Waals surface area (Å²) < 4.78 is 109. The standard InChI is InChI=1S/C23H20F6N2O6S/c1-37-20(33)31-11-12-10-16(38(35,36)15-6-7-15)8-9-17(12)18(31)19(32)30-14-4-2-13(3-5-14)21(34,22(24,25)26)23(27,28)29/h2-5,8-10,15,18,34H,6-7,11H2,1H3,(H,30,32). The van der Waals surface area contributed by atoms with E-state index in [1.165, 1.54) is 18.2 Å². The Morgan fingerprint density at radius 3 is 2.08 bits per heavy atom. The predicted octanol–water partition coefficient (Wildman–Crippen LogP) is 4.20. The lowest BCUT2D eigenvalue weighted by Gasteiger charge is -2.32. The maximum Gasteiger partial charge on any atom is 0.430 e. The number of benzene rings is 2. The number of halogens is 6. The fourth-order valence-corrected chi connectivity index (χ4v) is 5.95. The first-order valence-corrected chi connectivity index (χ1v) is 12.6. The van der Waals surface area contributed by atoms with Crippen molar-refractivity contribution < 1.29 is 54.2 Å². The van der Waals surface area contributed by atoms with Crippen molar-refractivity contribution in [2.75, 3.05) is 12.4 Å².